The quantitative estimate of drug-likeness (QED) is 0.429. The summed E-state index contributed by atoms with van der Waals surface area (Å²) in [5.41, 5.74) is 1.29. The van der Waals surface area contributed by atoms with Crippen LogP contribution in [0, 0.1) is 0 Å². The van der Waals surface area contributed by atoms with Gasteiger partial charge in [-0.2, -0.15) is 0 Å². The Labute approximate surface area is 168 Å². The highest BCUT2D eigenvalue weighted by Crippen LogP contribution is 2.35. The average Bonchev–Trinajstić information content (AvgIpc) is 3.16. The summed E-state index contributed by atoms with van der Waals surface area (Å²) < 4.78 is 7.33. The number of imidazole rings is 1. The van der Waals surface area contributed by atoms with Crippen molar-refractivity contribution in [3.05, 3.63) is 76.8 Å². The average molecular weight is 407 g/mol. The highest BCUT2D eigenvalue weighted by atomic mass is 35.5. The van der Waals surface area contributed by atoms with E-state index in [2.05, 4.69) is 21.7 Å². The number of aromatic nitrogens is 2. The molecule has 3 rings (SSSR count). The molecule has 0 fully saturated rings. The van der Waals surface area contributed by atoms with Crippen LogP contribution in [-0.4, -0.2) is 21.9 Å². The zero-order valence-corrected chi connectivity index (χ0v) is 16.8. The summed E-state index contributed by atoms with van der Waals surface area (Å²) in [6.07, 6.45) is 7.63. The highest BCUT2D eigenvalue weighted by molar-refractivity contribution is 8.00. The van der Waals surface area contributed by atoms with Crippen molar-refractivity contribution in [3.8, 4) is 5.75 Å². The number of ether oxygens (including phenoxy) is 1. The lowest BCUT2D eigenvalue weighted by Crippen LogP contribution is -2.13. The van der Waals surface area contributed by atoms with Crippen LogP contribution < -0.4 is 4.74 Å². The van der Waals surface area contributed by atoms with Gasteiger partial charge in [-0.25, -0.2) is 4.98 Å². The smallest absolute Gasteiger partial charge is 0.118 e. The molecule has 26 heavy (non-hydrogen) atoms. The number of hydrogen-bond acceptors (Lipinski definition) is 3. The molecule has 6 heteroatoms. The molecule has 0 aliphatic rings. The molecule has 3 aromatic rings. The molecule has 3 nitrogen and oxygen atoms in total. The van der Waals surface area contributed by atoms with Crippen molar-refractivity contribution in [1.82, 2.24) is 9.55 Å². The van der Waals surface area contributed by atoms with E-state index in [0.717, 1.165) is 35.1 Å². The molecule has 0 amide bonds. The van der Waals surface area contributed by atoms with Crippen molar-refractivity contribution >= 4 is 35.0 Å². The lowest BCUT2D eigenvalue weighted by atomic mass is 10.1. The maximum absolute atomic E-state index is 6.36. The van der Waals surface area contributed by atoms with Crippen LogP contribution in [0.1, 0.15) is 12.0 Å². The largest absolute Gasteiger partial charge is 0.497 e. The van der Waals surface area contributed by atoms with Gasteiger partial charge in [0.05, 0.1) is 18.5 Å². The first kappa shape index (κ1) is 19.2. The summed E-state index contributed by atoms with van der Waals surface area (Å²) in [7, 11) is 1.68. The summed E-state index contributed by atoms with van der Waals surface area (Å²) >= 11 is 14.3. The Bertz CT molecular complexity index is 822. The summed E-state index contributed by atoms with van der Waals surface area (Å²) in [4.78, 5) is 5.16. The topological polar surface area (TPSA) is 27.1 Å². The van der Waals surface area contributed by atoms with E-state index >= 15 is 0 Å². The predicted octanol–water partition coefficient (Wildman–Crippen LogP) is 5.99. The van der Waals surface area contributed by atoms with Gasteiger partial charge in [0.2, 0.25) is 0 Å². The van der Waals surface area contributed by atoms with E-state index in [-0.39, 0.29) is 0 Å². The molecule has 0 radical (unpaired) electrons. The maximum Gasteiger partial charge on any atom is 0.118 e. The van der Waals surface area contributed by atoms with Crippen molar-refractivity contribution in [1.29, 1.82) is 0 Å². The minimum atomic E-state index is 0.349. The normalized spacial score (nSPS) is 12.1. The van der Waals surface area contributed by atoms with Crippen LogP contribution in [0.2, 0.25) is 10.0 Å². The standard InChI is InChI=1S/C20H20Cl2N2OS/c1-25-17-6-2-15(3-7-17)4-8-18(13-24-11-10-23-14-24)26-20-12-16(21)5-9-19(20)22/h2-3,5-7,9-12,14,18H,4,8,13H2,1H3. The summed E-state index contributed by atoms with van der Waals surface area (Å²) in [6, 6.07) is 13.8. The van der Waals surface area contributed by atoms with Crippen molar-refractivity contribution < 1.29 is 4.74 Å². The monoisotopic (exact) mass is 406 g/mol. The van der Waals surface area contributed by atoms with E-state index in [9.17, 15) is 0 Å². The first-order valence-electron chi connectivity index (χ1n) is 8.34. The maximum atomic E-state index is 6.36. The molecule has 1 aromatic heterocycles. The molecule has 0 N–H and O–H groups in total. The van der Waals surface area contributed by atoms with Crippen molar-refractivity contribution in [2.75, 3.05) is 7.11 Å². The number of benzene rings is 2. The second-order valence-corrected chi connectivity index (χ2v) is 8.15. The van der Waals surface area contributed by atoms with E-state index in [1.165, 1.54) is 5.56 Å². The molecule has 136 valence electrons. The van der Waals surface area contributed by atoms with Crippen LogP contribution in [-0.2, 0) is 13.0 Å². The van der Waals surface area contributed by atoms with E-state index in [0.29, 0.717) is 10.3 Å². The van der Waals surface area contributed by atoms with Crippen molar-refractivity contribution in [2.24, 2.45) is 0 Å². The SMILES string of the molecule is COc1ccc(CCC(Cn2ccnc2)Sc2cc(Cl)ccc2Cl)cc1. The molecule has 1 atom stereocenters. The Morgan fingerprint density at radius 2 is 1.96 bits per heavy atom. The molecular weight excluding hydrogens is 387 g/mol. The molecule has 0 saturated heterocycles. The van der Waals surface area contributed by atoms with Gasteiger partial charge in [-0.1, -0.05) is 35.3 Å². The van der Waals surface area contributed by atoms with Gasteiger partial charge in [-0.3, -0.25) is 0 Å². The number of halogens is 2. The zero-order chi connectivity index (χ0) is 18.4. The van der Waals surface area contributed by atoms with Crippen LogP contribution >= 0.6 is 35.0 Å². The number of hydrogen-bond donors (Lipinski definition) is 0. The number of rotatable bonds is 8. The van der Waals surface area contributed by atoms with Gasteiger partial charge in [-0.05, 0) is 48.7 Å². The molecule has 1 heterocycles. The van der Waals surface area contributed by atoms with Gasteiger partial charge in [0.15, 0.2) is 0 Å². The Hall–Kier alpha value is -1.62. The van der Waals surface area contributed by atoms with Crippen LogP contribution in [0.3, 0.4) is 0 Å². The van der Waals surface area contributed by atoms with Gasteiger partial charge >= 0.3 is 0 Å². The molecule has 1 unspecified atom stereocenters. The molecular formula is C20H20Cl2N2OS. The fourth-order valence-electron chi connectivity index (χ4n) is 2.68. The molecule has 0 spiro atoms. The molecule has 0 bridgehead atoms. The second kappa shape index (κ2) is 9.36. The lowest BCUT2D eigenvalue weighted by Gasteiger charge is -2.18. The van der Waals surface area contributed by atoms with E-state index in [1.807, 2.05) is 42.9 Å². The first-order valence-corrected chi connectivity index (χ1v) is 9.98. The summed E-state index contributed by atoms with van der Waals surface area (Å²) in [5, 5.41) is 1.79. The number of nitrogens with zero attached hydrogens (tertiary/aromatic N) is 2. The van der Waals surface area contributed by atoms with Gasteiger partial charge < -0.3 is 9.30 Å². The van der Waals surface area contributed by atoms with Gasteiger partial charge in [0.1, 0.15) is 5.75 Å². The van der Waals surface area contributed by atoms with Crippen LogP contribution in [0.4, 0.5) is 0 Å². The molecule has 2 aromatic carbocycles. The minimum absolute atomic E-state index is 0.349. The van der Waals surface area contributed by atoms with Crippen molar-refractivity contribution in [2.45, 2.75) is 29.5 Å². The van der Waals surface area contributed by atoms with E-state index in [1.54, 1.807) is 25.1 Å². The third-order valence-corrected chi connectivity index (χ3v) is 6.06. The first-order chi connectivity index (χ1) is 12.6. The Balaban J connectivity index is 1.70. The van der Waals surface area contributed by atoms with Gasteiger partial charge in [-0.15, -0.1) is 11.8 Å². The number of thioether (sulfide) groups is 1. The van der Waals surface area contributed by atoms with Gasteiger partial charge in [0.25, 0.3) is 0 Å². The summed E-state index contributed by atoms with van der Waals surface area (Å²) in [6.45, 7) is 0.865. The van der Waals surface area contributed by atoms with Crippen LogP contribution in [0.5, 0.6) is 5.75 Å². The zero-order valence-electron chi connectivity index (χ0n) is 14.4. The van der Waals surface area contributed by atoms with E-state index in [4.69, 9.17) is 27.9 Å². The fraction of sp³-hybridized carbons (Fsp3) is 0.250. The Morgan fingerprint density at radius 1 is 1.15 bits per heavy atom. The fourth-order valence-corrected chi connectivity index (χ4v) is 4.39. The predicted molar refractivity (Wildman–Crippen MR) is 110 cm³/mol. The second-order valence-electron chi connectivity index (χ2n) is 5.96. The Morgan fingerprint density at radius 3 is 2.65 bits per heavy atom. The van der Waals surface area contributed by atoms with E-state index < -0.39 is 0 Å². The molecule has 0 aliphatic heterocycles. The van der Waals surface area contributed by atoms with Crippen LogP contribution in [0.15, 0.2) is 66.1 Å². The minimum Gasteiger partial charge on any atom is -0.497 e. The van der Waals surface area contributed by atoms with Crippen LogP contribution in [0.25, 0.3) is 0 Å². The number of methoxy groups -OCH3 is 1. The Kier molecular flexibility index (Phi) is 6.89. The number of aryl methyl sites for hydroxylation is 1. The van der Waals surface area contributed by atoms with Crippen molar-refractivity contribution in [3.63, 3.8) is 0 Å². The van der Waals surface area contributed by atoms with Gasteiger partial charge in [0, 0.05) is 34.1 Å². The molecule has 0 saturated carbocycles. The lowest BCUT2D eigenvalue weighted by molar-refractivity contribution is 0.414. The summed E-state index contributed by atoms with van der Waals surface area (Å²) in [5.74, 6) is 0.879. The third-order valence-electron chi connectivity index (χ3n) is 4.07. The third kappa shape index (κ3) is 5.44. The highest BCUT2D eigenvalue weighted by Gasteiger charge is 2.14. The molecule has 0 aliphatic carbocycles.